The lowest BCUT2D eigenvalue weighted by Gasteiger charge is -2.26. The van der Waals surface area contributed by atoms with Crippen molar-refractivity contribution >= 4 is 17.6 Å². The molecule has 0 amide bonds. The minimum atomic E-state index is -1.02. The van der Waals surface area contributed by atoms with E-state index in [0.717, 1.165) is 5.56 Å². The quantitative estimate of drug-likeness (QED) is 0.868. The van der Waals surface area contributed by atoms with Crippen molar-refractivity contribution in [1.82, 2.24) is 0 Å². The summed E-state index contributed by atoms with van der Waals surface area (Å²) in [5.41, 5.74) is 6.45. The van der Waals surface area contributed by atoms with Gasteiger partial charge in [0.15, 0.2) is 0 Å². The van der Waals surface area contributed by atoms with Crippen LogP contribution in [0.25, 0.3) is 0 Å². The molecule has 0 fully saturated rings. The summed E-state index contributed by atoms with van der Waals surface area (Å²) >= 11 is 6.03. The van der Waals surface area contributed by atoms with Gasteiger partial charge in [0, 0.05) is 10.6 Å². The molecule has 0 saturated carbocycles. The van der Waals surface area contributed by atoms with Crippen LogP contribution >= 0.6 is 11.6 Å². The van der Waals surface area contributed by atoms with Crippen LogP contribution in [0, 0.1) is 6.92 Å². The molecule has 0 radical (unpaired) electrons. The number of benzene rings is 1. The topological polar surface area (TPSA) is 72.5 Å². The third-order valence-corrected chi connectivity index (χ3v) is 3.02. The molecule has 0 heterocycles. The van der Waals surface area contributed by atoms with Gasteiger partial charge in [-0.15, -0.1) is 0 Å². The Morgan fingerprint density at radius 2 is 2.18 bits per heavy atom. The highest BCUT2D eigenvalue weighted by Crippen LogP contribution is 2.34. The summed E-state index contributed by atoms with van der Waals surface area (Å²) in [6, 6.07) is 3.42. The number of ether oxygens (including phenoxy) is 1. The first-order chi connectivity index (χ1) is 7.77. The summed E-state index contributed by atoms with van der Waals surface area (Å²) in [7, 11) is 1.52. The number of carboxylic acids is 1. The van der Waals surface area contributed by atoms with Gasteiger partial charge in [0.1, 0.15) is 5.75 Å². The minimum Gasteiger partial charge on any atom is -0.496 e. The van der Waals surface area contributed by atoms with Crippen LogP contribution in [0.15, 0.2) is 12.1 Å². The maximum Gasteiger partial charge on any atom is 0.305 e. The molecule has 1 aromatic carbocycles. The number of aryl methyl sites for hydroxylation is 1. The maximum atomic E-state index is 10.8. The van der Waals surface area contributed by atoms with Crippen molar-refractivity contribution in [3.05, 3.63) is 28.3 Å². The molecule has 0 aliphatic carbocycles. The first-order valence-corrected chi connectivity index (χ1v) is 5.51. The molecule has 0 aliphatic heterocycles. The third kappa shape index (κ3) is 3.11. The molecule has 5 heteroatoms. The fourth-order valence-electron chi connectivity index (χ4n) is 1.68. The van der Waals surface area contributed by atoms with Gasteiger partial charge in [-0.05, 0) is 31.5 Å². The summed E-state index contributed by atoms with van der Waals surface area (Å²) in [5.74, 6) is -0.410. The summed E-state index contributed by atoms with van der Waals surface area (Å²) in [4.78, 5) is 10.8. The Kier molecular flexibility index (Phi) is 4.01. The van der Waals surface area contributed by atoms with Crippen molar-refractivity contribution in [2.24, 2.45) is 5.73 Å². The van der Waals surface area contributed by atoms with Crippen molar-refractivity contribution in [1.29, 1.82) is 0 Å². The second-order valence-corrected chi connectivity index (χ2v) is 4.70. The van der Waals surface area contributed by atoms with E-state index in [1.165, 1.54) is 7.11 Å². The molecule has 0 aliphatic rings. The van der Waals surface area contributed by atoms with Gasteiger partial charge < -0.3 is 15.6 Å². The predicted molar refractivity (Wildman–Crippen MR) is 66.5 cm³/mol. The van der Waals surface area contributed by atoms with E-state index in [0.29, 0.717) is 16.3 Å². The van der Waals surface area contributed by atoms with Crippen molar-refractivity contribution in [3.8, 4) is 5.75 Å². The molecule has 4 nitrogen and oxygen atoms in total. The van der Waals surface area contributed by atoms with Crippen LogP contribution in [0.4, 0.5) is 0 Å². The van der Waals surface area contributed by atoms with Gasteiger partial charge in [-0.1, -0.05) is 11.6 Å². The zero-order valence-electron chi connectivity index (χ0n) is 10.1. The van der Waals surface area contributed by atoms with Crippen molar-refractivity contribution in [2.75, 3.05) is 7.11 Å². The average Bonchev–Trinajstić information content (AvgIpc) is 2.19. The van der Waals surface area contributed by atoms with E-state index < -0.39 is 11.5 Å². The number of carboxylic acid groups (broad SMARTS) is 1. The van der Waals surface area contributed by atoms with Gasteiger partial charge >= 0.3 is 5.97 Å². The van der Waals surface area contributed by atoms with E-state index >= 15 is 0 Å². The van der Waals surface area contributed by atoms with Crippen LogP contribution in [0.1, 0.15) is 24.5 Å². The van der Waals surface area contributed by atoms with Crippen LogP contribution in [-0.2, 0) is 10.3 Å². The molecular formula is C12H16ClNO3. The van der Waals surface area contributed by atoms with E-state index in [4.69, 9.17) is 27.2 Å². The van der Waals surface area contributed by atoms with Crippen LogP contribution in [-0.4, -0.2) is 18.2 Å². The van der Waals surface area contributed by atoms with Gasteiger partial charge in [0.2, 0.25) is 0 Å². The monoisotopic (exact) mass is 257 g/mol. The molecular weight excluding hydrogens is 242 g/mol. The fraction of sp³-hybridized carbons (Fsp3) is 0.417. The van der Waals surface area contributed by atoms with Gasteiger partial charge in [0.25, 0.3) is 0 Å². The van der Waals surface area contributed by atoms with E-state index in [-0.39, 0.29) is 6.42 Å². The Morgan fingerprint density at radius 1 is 1.59 bits per heavy atom. The zero-order valence-corrected chi connectivity index (χ0v) is 10.8. The highest BCUT2D eigenvalue weighted by atomic mass is 35.5. The maximum absolute atomic E-state index is 10.8. The molecule has 0 saturated heterocycles. The number of rotatable bonds is 4. The second kappa shape index (κ2) is 4.94. The van der Waals surface area contributed by atoms with Gasteiger partial charge in [-0.3, -0.25) is 4.79 Å². The van der Waals surface area contributed by atoms with E-state index in [1.54, 1.807) is 19.1 Å². The molecule has 1 rings (SSSR count). The highest BCUT2D eigenvalue weighted by molar-refractivity contribution is 6.31. The molecule has 0 spiro atoms. The lowest BCUT2D eigenvalue weighted by atomic mass is 9.88. The normalized spacial score (nSPS) is 14.2. The summed E-state index contributed by atoms with van der Waals surface area (Å²) < 4.78 is 5.22. The number of hydrogen-bond acceptors (Lipinski definition) is 3. The second-order valence-electron chi connectivity index (χ2n) is 4.29. The van der Waals surface area contributed by atoms with E-state index in [2.05, 4.69) is 0 Å². The number of methoxy groups -OCH3 is 1. The van der Waals surface area contributed by atoms with Gasteiger partial charge in [-0.25, -0.2) is 0 Å². The van der Waals surface area contributed by atoms with Gasteiger partial charge in [0.05, 0.1) is 19.1 Å². The summed E-state index contributed by atoms with van der Waals surface area (Å²) in [5, 5.41) is 9.39. The Morgan fingerprint density at radius 3 is 2.65 bits per heavy atom. The predicted octanol–water partition coefficient (Wildman–Crippen LogP) is 2.31. The number of aliphatic carboxylic acids is 1. The van der Waals surface area contributed by atoms with Gasteiger partial charge in [-0.2, -0.15) is 0 Å². The van der Waals surface area contributed by atoms with Crippen LogP contribution in [0.5, 0.6) is 5.75 Å². The Balaban J connectivity index is 3.28. The van der Waals surface area contributed by atoms with Crippen molar-refractivity contribution < 1.29 is 14.6 Å². The SMILES string of the molecule is COc1cc(C)c(Cl)cc1C(C)(N)CC(=O)O. The Hall–Kier alpha value is -1.26. The van der Waals surface area contributed by atoms with Crippen molar-refractivity contribution in [2.45, 2.75) is 25.8 Å². The van der Waals surface area contributed by atoms with E-state index in [1.807, 2.05) is 6.92 Å². The minimum absolute atomic E-state index is 0.192. The number of hydrogen-bond donors (Lipinski definition) is 2. The molecule has 1 atom stereocenters. The molecule has 1 aromatic rings. The summed E-state index contributed by atoms with van der Waals surface area (Å²) in [6.07, 6.45) is -0.192. The first kappa shape index (κ1) is 13.8. The number of halogens is 1. The molecule has 3 N–H and O–H groups in total. The Labute approximate surface area is 105 Å². The van der Waals surface area contributed by atoms with E-state index in [9.17, 15) is 4.79 Å². The largest absolute Gasteiger partial charge is 0.496 e. The molecule has 17 heavy (non-hydrogen) atoms. The third-order valence-electron chi connectivity index (χ3n) is 2.61. The molecule has 1 unspecified atom stereocenters. The highest BCUT2D eigenvalue weighted by Gasteiger charge is 2.28. The van der Waals surface area contributed by atoms with Crippen LogP contribution in [0.3, 0.4) is 0 Å². The molecule has 0 bridgehead atoms. The van der Waals surface area contributed by atoms with Crippen molar-refractivity contribution in [3.63, 3.8) is 0 Å². The fourth-order valence-corrected chi connectivity index (χ4v) is 1.84. The molecule has 94 valence electrons. The number of carbonyl (C=O) groups is 1. The first-order valence-electron chi connectivity index (χ1n) is 5.13. The average molecular weight is 258 g/mol. The summed E-state index contributed by atoms with van der Waals surface area (Å²) in [6.45, 7) is 3.49. The number of nitrogens with two attached hydrogens (primary N) is 1. The Bertz CT molecular complexity index is 444. The molecule has 0 aromatic heterocycles. The lowest BCUT2D eigenvalue weighted by molar-refractivity contribution is -0.138. The standard InChI is InChI=1S/C12H16ClNO3/c1-7-4-10(17-3)8(5-9(7)13)12(2,14)6-11(15)16/h4-5H,6,14H2,1-3H3,(H,15,16). The lowest BCUT2D eigenvalue weighted by Crippen LogP contribution is -2.36. The van der Waals surface area contributed by atoms with Crippen LogP contribution in [0.2, 0.25) is 5.02 Å². The van der Waals surface area contributed by atoms with Crippen LogP contribution < -0.4 is 10.5 Å². The zero-order chi connectivity index (χ0) is 13.2. The smallest absolute Gasteiger partial charge is 0.305 e.